The van der Waals surface area contributed by atoms with Crippen LogP contribution in [0.15, 0.2) is 53.3 Å². The number of para-hydroxylation sites is 1. The smallest absolute Gasteiger partial charge is 0.258 e. The Morgan fingerprint density at radius 3 is 2.57 bits per heavy atom. The zero-order valence-electron chi connectivity index (χ0n) is 16.9. The van der Waals surface area contributed by atoms with Crippen molar-refractivity contribution in [2.24, 2.45) is 0 Å². The van der Waals surface area contributed by atoms with Crippen molar-refractivity contribution in [3.8, 4) is 0 Å². The lowest BCUT2D eigenvalue weighted by atomic mass is 10.2. The Morgan fingerprint density at radius 2 is 1.70 bits per heavy atom. The molecule has 3 heterocycles. The van der Waals surface area contributed by atoms with Gasteiger partial charge in [-0.05, 0) is 55.2 Å². The summed E-state index contributed by atoms with van der Waals surface area (Å²) in [5.74, 6) is 1.93. The van der Waals surface area contributed by atoms with Crippen molar-refractivity contribution in [3.05, 3.63) is 64.7 Å². The maximum Gasteiger partial charge on any atom is 0.258 e. The Hall–Kier alpha value is -2.77. The highest BCUT2D eigenvalue weighted by atomic mass is 32.1. The van der Waals surface area contributed by atoms with Gasteiger partial charge in [-0.15, -0.1) is 0 Å². The summed E-state index contributed by atoms with van der Waals surface area (Å²) in [7, 11) is 0. The number of nitrogens with one attached hydrogen (secondary N) is 1. The summed E-state index contributed by atoms with van der Waals surface area (Å²) >= 11 is 1.59. The Labute approximate surface area is 179 Å². The van der Waals surface area contributed by atoms with E-state index >= 15 is 0 Å². The largest absolute Gasteiger partial charge is 0.353 e. The molecule has 6 nitrogen and oxygen atoms in total. The van der Waals surface area contributed by atoms with Crippen molar-refractivity contribution in [2.75, 3.05) is 37.6 Å². The molecule has 0 saturated carbocycles. The van der Waals surface area contributed by atoms with Crippen molar-refractivity contribution >= 4 is 38.3 Å². The van der Waals surface area contributed by atoms with E-state index in [1.165, 1.54) is 10.1 Å². The zero-order chi connectivity index (χ0) is 20.3. The third-order valence-electron chi connectivity index (χ3n) is 5.83. The number of unbranched alkanes of at least 4 members (excludes halogenated alkanes) is 1. The van der Waals surface area contributed by atoms with Gasteiger partial charge in [0, 0.05) is 38.0 Å². The number of benzene rings is 2. The van der Waals surface area contributed by atoms with Gasteiger partial charge in [-0.25, -0.2) is 4.98 Å². The Bertz CT molecular complexity index is 1210. The van der Waals surface area contributed by atoms with Gasteiger partial charge in [-0.2, -0.15) is 4.37 Å². The maximum absolute atomic E-state index is 12.2. The average molecular weight is 420 g/mol. The number of H-pyrrole nitrogens is 1. The quantitative estimate of drug-likeness (QED) is 0.483. The molecular formula is C23H25N5OS. The van der Waals surface area contributed by atoms with Crippen molar-refractivity contribution in [1.82, 2.24) is 19.2 Å². The molecule has 1 saturated heterocycles. The van der Waals surface area contributed by atoms with Gasteiger partial charge in [-0.1, -0.05) is 24.3 Å². The van der Waals surface area contributed by atoms with Crippen LogP contribution in [0.25, 0.3) is 21.0 Å². The molecule has 7 heteroatoms. The summed E-state index contributed by atoms with van der Waals surface area (Å²) in [6.45, 7) is 5.26. The van der Waals surface area contributed by atoms with Crippen LogP contribution in [0.5, 0.6) is 0 Å². The summed E-state index contributed by atoms with van der Waals surface area (Å²) in [5, 5.41) is 1.93. The molecule has 0 amide bonds. The van der Waals surface area contributed by atoms with E-state index < -0.39 is 0 Å². The Morgan fingerprint density at radius 1 is 0.933 bits per heavy atom. The first-order valence-corrected chi connectivity index (χ1v) is 11.3. The lowest BCUT2D eigenvalue weighted by Gasteiger charge is -2.35. The molecule has 2 aromatic carbocycles. The van der Waals surface area contributed by atoms with Gasteiger partial charge in [0.05, 0.1) is 15.6 Å². The number of rotatable bonds is 6. The molecule has 0 atom stereocenters. The molecule has 1 aliphatic heterocycles. The molecule has 4 aromatic rings. The highest BCUT2D eigenvalue weighted by Gasteiger charge is 2.20. The van der Waals surface area contributed by atoms with Crippen LogP contribution < -0.4 is 10.5 Å². The van der Waals surface area contributed by atoms with Crippen LogP contribution in [-0.2, 0) is 6.42 Å². The van der Waals surface area contributed by atoms with Crippen LogP contribution in [0.4, 0.5) is 5.82 Å². The van der Waals surface area contributed by atoms with E-state index in [1.807, 2.05) is 24.3 Å². The Kier molecular flexibility index (Phi) is 5.46. The van der Waals surface area contributed by atoms with Crippen LogP contribution in [-0.4, -0.2) is 52.0 Å². The minimum absolute atomic E-state index is 0.0405. The predicted molar refractivity (Wildman–Crippen MR) is 124 cm³/mol. The third-order valence-corrected chi connectivity index (χ3v) is 6.65. The molecule has 30 heavy (non-hydrogen) atoms. The third kappa shape index (κ3) is 3.95. The van der Waals surface area contributed by atoms with E-state index in [1.54, 1.807) is 11.5 Å². The first-order chi connectivity index (χ1) is 14.8. The number of hydrogen-bond donors (Lipinski definition) is 1. The SMILES string of the molecule is O=c1[nH]c(CCCCN2CCN(c3nsc4ccccc34)CC2)nc2ccccc12. The highest BCUT2D eigenvalue weighted by Crippen LogP contribution is 2.29. The first kappa shape index (κ1) is 19.2. The van der Waals surface area contributed by atoms with E-state index in [2.05, 4.69) is 44.0 Å². The number of fused-ring (bicyclic) bond motifs is 2. The van der Waals surface area contributed by atoms with Crippen LogP contribution in [0.2, 0.25) is 0 Å². The summed E-state index contributed by atoms with van der Waals surface area (Å²) in [6.07, 6.45) is 2.94. The van der Waals surface area contributed by atoms with Gasteiger partial charge in [0.1, 0.15) is 11.6 Å². The van der Waals surface area contributed by atoms with Crippen LogP contribution in [0, 0.1) is 0 Å². The highest BCUT2D eigenvalue weighted by molar-refractivity contribution is 7.13. The fourth-order valence-electron chi connectivity index (χ4n) is 4.17. The maximum atomic E-state index is 12.2. The molecule has 0 aliphatic carbocycles. The predicted octanol–water partition coefficient (Wildman–Crippen LogP) is 3.68. The molecule has 5 rings (SSSR count). The van der Waals surface area contributed by atoms with E-state index in [9.17, 15) is 4.79 Å². The second-order valence-corrected chi connectivity index (χ2v) is 8.62. The van der Waals surface area contributed by atoms with Gasteiger partial charge in [0.25, 0.3) is 5.56 Å². The molecule has 0 bridgehead atoms. The lowest BCUT2D eigenvalue weighted by Crippen LogP contribution is -2.46. The fraction of sp³-hybridized carbons (Fsp3) is 0.348. The van der Waals surface area contributed by atoms with Gasteiger partial charge < -0.3 is 9.88 Å². The standard InChI is InChI=1S/C23H25N5OS/c29-23-17-7-1-3-9-19(17)24-21(25-23)11-5-6-12-27-13-15-28(16-14-27)22-18-8-2-4-10-20(18)30-26-22/h1-4,7-10H,5-6,11-16H2,(H,24,25,29). The monoisotopic (exact) mass is 419 g/mol. The molecule has 0 unspecified atom stereocenters. The second-order valence-electron chi connectivity index (χ2n) is 7.82. The molecule has 1 fully saturated rings. The van der Waals surface area contributed by atoms with E-state index in [0.717, 1.165) is 69.1 Å². The number of aromatic amines is 1. The molecule has 2 aromatic heterocycles. The molecular weight excluding hydrogens is 394 g/mol. The van der Waals surface area contributed by atoms with Crippen molar-refractivity contribution in [3.63, 3.8) is 0 Å². The minimum Gasteiger partial charge on any atom is -0.353 e. The van der Waals surface area contributed by atoms with Crippen molar-refractivity contribution in [1.29, 1.82) is 0 Å². The molecule has 154 valence electrons. The fourth-order valence-corrected chi connectivity index (χ4v) is 4.96. The summed E-state index contributed by atoms with van der Waals surface area (Å²) in [4.78, 5) is 24.7. The van der Waals surface area contributed by atoms with E-state index in [4.69, 9.17) is 4.37 Å². The average Bonchev–Trinajstić information content (AvgIpc) is 3.21. The van der Waals surface area contributed by atoms with Gasteiger partial charge in [0.15, 0.2) is 0 Å². The number of aryl methyl sites for hydroxylation is 1. The minimum atomic E-state index is -0.0405. The topological polar surface area (TPSA) is 65.1 Å². The van der Waals surface area contributed by atoms with Crippen LogP contribution in [0.3, 0.4) is 0 Å². The van der Waals surface area contributed by atoms with E-state index in [-0.39, 0.29) is 5.56 Å². The molecule has 0 radical (unpaired) electrons. The molecule has 0 spiro atoms. The van der Waals surface area contributed by atoms with Crippen LogP contribution >= 0.6 is 11.5 Å². The summed E-state index contributed by atoms with van der Waals surface area (Å²) in [6, 6.07) is 16.0. The molecule has 1 aliphatic rings. The normalized spacial score (nSPS) is 15.3. The number of nitrogens with zero attached hydrogens (tertiary/aromatic N) is 4. The number of anilines is 1. The van der Waals surface area contributed by atoms with Gasteiger partial charge in [-0.3, -0.25) is 9.69 Å². The first-order valence-electron chi connectivity index (χ1n) is 10.6. The second kappa shape index (κ2) is 8.53. The van der Waals surface area contributed by atoms with Gasteiger partial charge in [0.2, 0.25) is 0 Å². The van der Waals surface area contributed by atoms with Crippen molar-refractivity contribution in [2.45, 2.75) is 19.3 Å². The number of aromatic nitrogens is 3. The zero-order valence-corrected chi connectivity index (χ0v) is 17.7. The van der Waals surface area contributed by atoms with E-state index in [0.29, 0.717) is 5.39 Å². The Balaban J connectivity index is 1.11. The molecule has 1 N–H and O–H groups in total. The summed E-state index contributed by atoms with van der Waals surface area (Å²) in [5.41, 5.74) is 0.739. The number of piperazine rings is 1. The summed E-state index contributed by atoms with van der Waals surface area (Å²) < 4.78 is 5.95. The lowest BCUT2D eigenvalue weighted by molar-refractivity contribution is 0.252. The van der Waals surface area contributed by atoms with Gasteiger partial charge >= 0.3 is 0 Å². The van der Waals surface area contributed by atoms with Crippen LogP contribution in [0.1, 0.15) is 18.7 Å². The number of hydrogen-bond acceptors (Lipinski definition) is 6. The van der Waals surface area contributed by atoms with Crippen molar-refractivity contribution < 1.29 is 0 Å².